The molecule has 1 amide bonds. The van der Waals surface area contributed by atoms with Gasteiger partial charge in [-0.15, -0.1) is 0 Å². The van der Waals surface area contributed by atoms with Gasteiger partial charge >= 0.3 is 6.09 Å². The first-order valence-electron chi connectivity index (χ1n) is 6.93. The van der Waals surface area contributed by atoms with Gasteiger partial charge in [-0.25, -0.2) is 4.79 Å². The van der Waals surface area contributed by atoms with Crippen molar-refractivity contribution in [3.05, 3.63) is 29.8 Å². The van der Waals surface area contributed by atoms with Gasteiger partial charge in [0.1, 0.15) is 5.60 Å². The molecule has 0 spiro atoms. The second-order valence-electron chi connectivity index (χ2n) is 6.82. The van der Waals surface area contributed by atoms with E-state index in [4.69, 9.17) is 10.5 Å². The first kappa shape index (κ1) is 16.5. The molecular weight excluding hydrogens is 252 g/mol. The summed E-state index contributed by atoms with van der Waals surface area (Å²) in [5, 5.41) is 2.74. The molecule has 1 rings (SSSR count). The molecule has 112 valence electrons. The van der Waals surface area contributed by atoms with Gasteiger partial charge < -0.3 is 10.5 Å². The van der Waals surface area contributed by atoms with Crippen LogP contribution in [0.15, 0.2) is 24.3 Å². The largest absolute Gasteiger partial charge is 0.444 e. The Bertz CT molecular complexity index is 456. The molecule has 4 nitrogen and oxygen atoms in total. The Morgan fingerprint density at radius 2 is 1.90 bits per heavy atom. The molecule has 0 unspecified atom stereocenters. The minimum atomic E-state index is -0.495. The molecule has 0 bridgehead atoms. The maximum Gasteiger partial charge on any atom is 0.412 e. The molecular formula is C16H26N2O2. The van der Waals surface area contributed by atoms with E-state index in [0.29, 0.717) is 0 Å². The zero-order valence-corrected chi connectivity index (χ0v) is 13.1. The second kappa shape index (κ2) is 6.27. The lowest BCUT2D eigenvalue weighted by atomic mass is 9.96. The van der Waals surface area contributed by atoms with E-state index in [1.165, 1.54) is 0 Å². The maximum absolute atomic E-state index is 11.7. The summed E-state index contributed by atoms with van der Waals surface area (Å²) in [4.78, 5) is 11.7. The van der Waals surface area contributed by atoms with Crippen molar-refractivity contribution < 1.29 is 9.53 Å². The van der Waals surface area contributed by atoms with E-state index < -0.39 is 11.7 Å². The van der Waals surface area contributed by atoms with Crippen LogP contribution < -0.4 is 11.1 Å². The van der Waals surface area contributed by atoms with Crippen molar-refractivity contribution in [2.45, 2.75) is 58.6 Å². The number of rotatable bonds is 4. The van der Waals surface area contributed by atoms with Crippen molar-refractivity contribution in [1.29, 1.82) is 0 Å². The molecule has 0 atom stereocenters. The number of nitrogens with one attached hydrogen (secondary N) is 1. The summed E-state index contributed by atoms with van der Waals surface area (Å²) < 4.78 is 5.23. The smallest absolute Gasteiger partial charge is 0.412 e. The Labute approximate surface area is 121 Å². The van der Waals surface area contributed by atoms with Gasteiger partial charge in [0.25, 0.3) is 0 Å². The van der Waals surface area contributed by atoms with Crippen molar-refractivity contribution in [3.8, 4) is 0 Å². The van der Waals surface area contributed by atoms with Gasteiger partial charge in [0.15, 0.2) is 0 Å². The number of hydrogen-bond donors (Lipinski definition) is 2. The Morgan fingerprint density at radius 1 is 1.25 bits per heavy atom. The Morgan fingerprint density at radius 3 is 2.45 bits per heavy atom. The quantitative estimate of drug-likeness (QED) is 0.882. The third-order valence-electron chi connectivity index (χ3n) is 2.63. The van der Waals surface area contributed by atoms with E-state index in [1.807, 2.05) is 58.9 Å². The van der Waals surface area contributed by atoms with E-state index >= 15 is 0 Å². The van der Waals surface area contributed by atoms with Crippen LogP contribution in [0.3, 0.4) is 0 Å². The fourth-order valence-electron chi connectivity index (χ4n) is 1.69. The number of anilines is 1. The number of amides is 1. The van der Waals surface area contributed by atoms with Crippen molar-refractivity contribution in [2.24, 2.45) is 5.73 Å². The van der Waals surface area contributed by atoms with Gasteiger partial charge in [0.2, 0.25) is 0 Å². The van der Waals surface area contributed by atoms with Crippen LogP contribution in [0, 0.1) is 0 Å². The Hall–Kier alpha value is -1.55. The highest BCUT2D eigenvalue weighted by Gasteiger charge is 2.16. The van der Waals surface area contributed by atoms with Gasteiger partial charge in [-0.05, 0) is 65.2 Å². The van der Waals surface area contributed by atoms with Crippen molar-refractivity contribution >= 4 is 11.8 Å². The number of hydrogen-bond acceptors (Lipinski definition) is 3. The topological polar surface area (TPSA) is 64.3 Å². The summed E-state index contributed by atoms with van der Waals surface area (Å²) in [6, 6.07) is 7.76. The second-order valence-corrected chi connectivity index (χ2v) is 6.82. The van der Waals surface area contributed by atoms with Crippen LogP contribution in [0.5, 0.6) is 0 Å². The van der Waals surface area contributed by atoms with E-state index in [1.54, 1.807) is 0 Å². The summed E-state index contributed by atoms with van der Waals surface area (Å²) in [6.07, 6.45) is 1.34. The van der Waals surface area contributed by atoms with Crippen molar-refractivity contribution in [3.63, 3.8) is 0 Å². The zero-order chi connectivity index (χ0) is 15.4. The minimum absolute atomic E-state index is 0.186. The van der Waals surface area contributed by atoms with Gasteiger partial charge in [-0.3, -0.25) is 5.32 Å². The zero-order valence-electron chi connectivity index (χ0n) is 13.1. The highest BCUT2D eigenvalue weighted by molar-refractivity contribution is 5.84. The molecule has 20 heavy (non-hydrogen) atoms. The number of nitrogens with two attached hydrogens (primary N) is 1. The fourth-order valence-corrected chi connectivity index (χ4v) is 1.69. The monoisotopic (exact) mass is 278 g/mol. The average Bonchev–Trinajstić information content (AvgIpc) is 2.23. The Kier molecular flexibility index (Phi) is 5.17. The summed E-state index contributed by atoms with van der Waals surface area (Å²) >= 11 is 0. The first-order chi connectivity index (χ1) is 9.05. The van der Waals surface area contributed by atoms with E-state index in [-0.39, 0.29) is 5.54 Å². The Balaban J connectivity index is 2.62. The fraction of sp³-hybridized carbons (Fsp3) is 0.562. The average molecular weight is 278 g/mol. The molecule has 0 aliphatic carbocycles. The lowest BCUT2D eigenvalue weighted by molar-refractivity contribution is 0.0636. The van der Waals surface area contributed by atoms with Crippen LogP contribution in [0.25, 0.3) is 0 Å². The minimum Gasteiger partial charge on any atom is -0.444 e. The molecule has 0 fully saturated rings. The van der Waals surface area contributed by atoms with Crippen molar-refractivity contribution in [1.82, 2.24) is 0 Å². The van der Waals surface area contributed by atoms with Gasteiger partial charge in [0, 0.05) is 11.2 Å². The van der Waals surface area contributed by atoms with Crippen LogP contribution in [0.2, 0.25) is 0 Å². The van der Waals surface area contributed by atoms with Crippen LogP contribution >= 0.6 is 0 Å². The highest BCUT2D eigenvalue weighted by Crippen LogP contribution is 2.16. The summed E-state index contributed by atoms with van der Waals surface area (Å²) in [6.45, 7) is 9.54. The van der Waals surface area contributed by atoms with Crippen LogP contribution in [-0.2, 0) is 11.2 Å². The molecule has 0 saturated carbocycles. The third kappa shape index (κ3) is 7.14. The van der Waals surface area contributed by atoms with Gasteiger partial charge in [0.05, 0.1) is 0 Å². The summed E-state index contributed by atoms with van der Waals surface area (Å²) in [5.74, 6) is 0. The molecule has 3 N–H and O–H groups in total. The molecule has 0 aliphatic heterocycles. The lowest BCUT2D eigenvalue weighted by Crippen LogP contribution is -2.32. The summed E-state index contributed by atoms with van der Waals surface area (Å²) in [5.41, 5.74) is 7.19. The number of ether oxygens (including phenoxy) is 1. The molecule has 4 heteroatoms. The van der Waals surface area contributed by atoms with E-state index in [9.17, 15) is 4.79 Å². The molecule has 0 aliphatic rings. The van der Waals surface area contributed by atoms with Crippen LogP contribution in [-0.4, -0.2) is 17.2 Å². The predicted octanol–water partition coefficient (Wildman–Crippen LogP) is 3.70. The molecule has 0 radical (unpaired) electrons. The van der Waals surface area contributed by atoms with Crippen LogP contribution in [0.4, 0.5) is 10.5 Å². The highest BCUT2D eigenvalue weighted by atomic mass is 16.6. The van der Waals surface area contributed by atoms with E-state index in [0.717, 1.165) is 24.1 Å². The number of benzene rings is 1. The molecule has 0 heterocycles. The van der Waals surface area contributed by atoms with Gasteiger partial charge in [-0.1, -0.05) is 12.1 Å². The summed E-state index contributed by atoms with van der Waals surface area (Å²) in [7, 11) is 0. The number of carbonyl (C=O) groups is 1. The van der Waals surface area contributed by atoms with E-state index in [2.05, 4.69) is 5.32 Å². The maximum atomic E-state index is 11.7. The predicted molar refractivity (Wildman–Crippen MR) is 82.9 cm³/mol. The lowest BCUT2D eigenvalue weighted by Gasteiger charge is -2.20. The number of carbonyl (C=O) groups excluding carboxylic acids is 1. The standard InChI is InChI=1S/C16H26N2O2/c1-15(2,3)20-14(19)18-13-8-6-7-12(11-13)9-10-16(4,5)17/h6-8,11H,9-10,17H2,1-5H3,(H,18,19). The molecule has 1 aromatic carbocycles. The molecule has 1 aromatic rings. The van der Waals surface area contributed by atoms with Crippen molar-refractivity contribution in [2.75, 3.05) is 5.32 Å². The van der Waals surface area contributed by atoms with Crippen LogP contribution in [0.1, 0.15) is 46.6 Å². The normalized spacial score (nSPS) is 12.1. The molecule has 0 aromatic heterocycles. The molecule has 0 saturated heterocycles. The first-order valence-corrected chi connectivity index (χ1v) is 6.93. The van der Waals surface area contributed by atoms with Gasteiger partial charge in [-0.2, -0.15) is 0 Å². The third-order valence-corrected chi connectivity index (χ3v) is 2.63. The number of aryl methyl sites for hydroxylation is 1. The SMILES string of the molecule is CC(C)(N)CCc1cccc(NC(=O)OC(C)(C)C)c1.